The van der Waals surface area contributed by atoms with Crippen LogP contribution in [0.2, 0.25) is 0 Å². The molecule has 0 N–H and O–H groups in total. The third-order valence-electron chi connectivity index (χ3n) is 4.11. The van der Waals surface area contributed by atoms with E-state index in [0.29, 0.717) is 0 Å². The monoisotopic (exact) mass is 277 g/mol. The largest absolute Gasteiger partial charge is 0.616 e. The molecule has 3 nitrogen and oxygen atoms in total. The van der Waals surface area contributed by atoms with Crippen molar-refractivity contribution in [2.75, 3.05) is 18.8 Å². The van der Waals surface area contributed by atoms with Crippen LogP contribution in [-0.4, -0.2) is 39.5 Å². The topological polar surface area (TPSA) is 43.4 Å². The molecule has 2 aliphatic rings. The van der Waals surface area contributed by atoms with Gasteiger partial charge in [-0.1, -0.05) is 24.3 Å². The second-order valence-corrected chi connectivity index (χ2v) is 7.13. The Kier molecular flexibility index (Phi) is 3.80. The molecular weight excluding hydrogens is 258 g/mol. The van der Waals surface area contributed by atoms with Gasteiger partial charge in [-0.05, 0) is 35.1 Å². The molecule has 0 saturated carbocycles. The molecule has 1 aliphatic heterocycles. The number of hydrogen-bond donors (Lipinski definition) is 0. The molecule has 1 aromatic carbocycles. The molecule has 1 aliphatic carbocycles. The predicted octanol–water partition coefficient (Wildman–Crippen LogP) is 1.52. The molecule has 1 unspecified atom stereocenters. The highest BCUT2D eigenvalue weighted by Crippen LogP contribution is 2.27. The smallest absolute Gasteiger partial charge is 0.272 e. The van der Waals surface area contributed by atoms with E-state index in [-0.39, 0.29) is 16.9 Å². The van der Waals surface area contributed by atoms with E-state index in [1.54, 1.807) is 0 Å². The summed E-state index contributed by atoms with van der Waals surface area (Å²) in [7, 11) is 0. The number of fused-ring (bicyclic) bond motifs is 1. The van der Waals surface area contributed by atoms with E-state index < -0.39 is 11.2 Å². The zero-order chi connectivity index (χ0) is 13.2. The van der Waals surface area contributed by atoms with Crippen LogP contribution in [0.3, 0.4) is 0 Å². The molecule has 1 saturated heterocycles. The highest BCUT2D eigenvalue weighted by Gasteiger charge is 2.33. The van der Waals surface area contributed by atoms with Crippen LogP contribution in [0.1, 0.15) is 24.0 Å². The number of carbonyl (C=O) groups excluding carboxylic acids is 1. The molecule has 0 aromatic heterocycles. The summed E-state index contributed by atoms with van der Waals surface area (Å²) in [6.07, 6.45) is 3.90. The van der Waals surface area contributed by atoms with Crippen molar-refractivity contribution in [3.8, 4) is 0 Å². The number of hydrogen-bond acceptors (Lipinski definition) is 2. The van der Waals surface area contributed by atoms with Gasteiger partial charge in [-0.3, -0.25) is 4.79 Å². The summed E-state index contributed by atoms with van der Waals surface area (Å²) in [4.78, 5) is 13.9. The minimum atomic E-state index is -1.04. The molecule has 1 fully saturated rings. The summed E-state index contributed by atoms with van der Waals surface area (Å²) >= 11 is -1.04. The highest BCUT2D eigenvalue weighted by atomic mass is 32.2. The van der Waals surface area contributed by atoms with Crippen molar-refractivity contribution < 1.29 is 9.35 Å². The van der Waals surface area contributed by atoms with Gasteiger partial charge in [0, 0.05) is 25.9 Å². The number of carbonyl (C=O) groups is 1. The first-order valence-corrected chi connectivity index (χ1v) is 8.34. The molecular formula is C15H19NO2S. The Morgan fingerprint density at radius 1 is 1.21 bits per heavy atom. The number of likely N-dealkylation sites (tertiary alicyclic amines) is 1. The molecule has 1 aromatic rings. The Hall–Kier alpha value is -1.00. The minimum Gasteiger partial charge on any atom is -0.616 e. The quantitative estimate of drug-likeness (QED) is 0.786. The van der Waals surface area contributed by atoms with E-state index in [4.69, 9.17) is 0 Å². The van der Waals surface area contributed by atoms with Crippen LogP contribution >= 0.6 is 0 Å². The van der Waals surface area contributed by atoms with Crippen molar-refractivity contribution in [1.29, 1.82) is 0 Å². The van der Waals surface area contributed by atoms with Crippen molar-refractivity contribution >= 4 is 17.1 Å². The van der Waals surface area contributed by atoms with E-state index in [1.807, 2.05) is 17.0 Å². The number of rotatable bonds is 3. The lowest BCUT2D eigenvalue weighted by atomic mass is 10.1. The van der Waals surface area contributed by atoms with Crippen molar-refractivity contribution in [1.82, 2.24) is 4.90 Å². The van der Waals surface area contributed by atoms with Crippen LogP contribution in [0.25, 0.3) is 0 Å². The summed E-state index contributed by atoms with van der Waals surface area (Å²) in [5.74, 6) is 0.283. The average molecular weight is 277 g/mol. The van der Waals surface area contributed by atoms with Crippen LogP contribution in [0.15, 0.2) is 24.3 Å². The maximum absolute atomic E-state index is 12.3. The second-order valence-electron chi connectivity index (χ2n) is 5.41. The Morgan fingerprint density at radius 3 is 2.37 bits per heavy atom. The minimum absolute atomic E-state index is 0.0757. The second kappa shape index (κ2) is 5.55. The zero-order valence-electron chi connectivity index (χ0n) is 11.0. The molecule has 0 radical (unpaired) electrons. The SMILES string of the molecule is O=C(C[S+]([O-])C1Cc2ccccc2C1)N1CCCC1. The molecule has 1 atom stereocenters. The van der Waals surface area contributed by atoms with Gasteiger partial charge in [-0.15, -0.1) is 0 Å². The van der Waals surface area contributed by atoms with E-state index >= 15 is 0 Å². The van der Waals surface area contributed by atoms with Gasteiger partial charge in [0.15, 0.2) is 5.75 Å². The number of nitrogens with zero attached hydrogens (tertiary/aromatic N) is 1. The maximum Gasteiger partial charge on any atom is 0.272 e. The first kappa shape index (κ1) is 13.0. The van der Waals surface area contributed by atoms with E-state index in [9.17, 15) is 9.35 Å². The molecule has 19 heavy (non-hydrogen) atoms. The summed E-state index contributed by atoms with van der Waals surface area (Å²) < 4.78 is 12.3. The van der Waals surface area contributed by atoms with Gasteiger partial charge in [0.05, 0.1) is 0 Å². The van der Waals surface area contributed by atoms with E-state index in [0.717, 1.165) is 38.8 Å². The van der Waals surface area contributed by atoms with Gasteiger partial charge >= 0.3 is 0 Å². The van der Waals surface area contributed by atoms with Gasteiger partial charge < -0.3 is 9.45 Å². The van der Waals surface area contributed by atoms with Crippen LogP contribution in [0.5, 0.6) is 0 Å². The zero-order valence-corrected chi connectivity index (χ0v) is 11.8. The molecule has 1 amide bonds. The summed E-state index contributed by atoms with van der Waals surface area (Å²) in [5.41, 5.74) is 2.60. The molecule has 1 heterocycles. The summed E-state index contributed by atoms with van der Waals surface area (Å²) in [6, 6.07) is 8.27. The lowest BCUT2D eigenvalue weighted by Gasteiger charge is -2.20. The van der Waals surface area contributed by atoms with Crippen LogP contribution < -0.4 is 0 Å². The van der Waals surface area contributed by atoms with Crippen LogP contribution in [0.4, 0.5) is 0 Å². The van der Waals surface area contributed by atoms with Crippen molar-refractivity contribution in [3.05, 3.63) is 35.4 Å². The van der Waals surface area contributed by atoms with Gasteiger partial charge in [0.1, 0.15) is 5.25 Å². The molecule has 3 rings (SSSR count). The Balaban J connectivity index is 1.57. The van der Waals surface area contributed by atoms with Gasteiger partial charge in [0.25, 0.3) is 5.91 Å². The van der Waals surface area contributed by atoms with Gasteiger partial charge in [-0.2, -0.15) is 0 Å². The third-order valence-corrected chi connectivity index (χ3v) is 5.72. The Morgan fingerprint density at radius 2 is 1.79 bits per heavy atom. The first-order chi connectivity index (χ1) is 9.24. The van der Waals surface area contributed by atoms with Crippen molar-refractivity contribution in [2.24, 2.45) is 0 Å². The molecule has 0 spiro atoms. The first-order valence-electron chi connectivity index (χ1n) is 6.96. The maximum atomic E-state index is 12.3. The highest BCUT2D eigenvalue weighted by molar-refractivity contribution is 7.92. The average Bonchev–Trinajstić information content (AvgIpc) is 3.07. The van der Waals surface area contributed by atoms with Gasteiger partial charge in [-0.25, -0.2) is 0 Å². The van der Waals surface area contributed by atoms with E-state index in [2.05, 4.69) is 12.1 Å². The lowest BCUT2D eigenvalue weighted by Crippen LogP contribution is -2.37. The predicted molar refractivity (Wildman–Crippen MR) is 76.5 cm³/mol. The summed E-state index contributed by atoms with van der Waals surface area (Å²) in [6.45, 7) is 1.70. The fourth-order valence-electron chi connectivity index (χ4n) is 3.00. The molecule has 4 heteroatoms. The van der Waals surface area contributed by atoms with Crippen molar-refractivity contribution in [2.45, 2.75) is 30.9 Å². The Labute approximate surface area is 117 Å². The molecule has 0 bridgehead atoms. The third kappa shape index (κ3) is 2.79. The number of amides is 1. The lowest BCUT2D eigenvalue weighted by molar-refractivity contribution is -0.127. The fraction of sp³-hybridized carbons (Fsp3) is 0.533. The number of benzene rings is 1. The standard InChI is InChI=1S/C15H19NO2S/c17-15(16-7-3-4-8-16)11-19(18)14-9-12-5-1-2-6-13(12)10-14/h1-2,5-6,14H,3-4,7-11H2. The van der Waals surface area contributed by atoms with Crippen LogP contribution in [0, 0.1) is 0 Å². The summed E-state index contributed by atoms with van der Waals surface area (Å²) in [5, 5.41) is 0.129. The fourth-order valence-corrected chi connectivity index (χ4v) is 4.39. The van der Waals surface area contributed by atoms with Crippen LogP contribution in [-0.2, 0) is 28.8 Å². The molecule has 102 valence electrons. The van der Waals surface area contributed by atoms with Gasteiger partial charge in [0.2, 0.25) is 0 Å². The van der Waals surface area contributed by atoms with Crippen molar-refractivity contribution in [3.63, 3.8) is 0 Å². The Bertz CT molecular complexity index is 446. The van der Waals surface area contributed by atoms with E-state index in [1.165, 1.54) is 11.1 Å². The normalized spacial score (nSPS) is 20.6.